The van der Waals surface area contributed by atoms with Crippen LogP contribution in [0.4, 0.5) is 8.78 Å². The van der Waals surface area contributed by atoms with Gasteiger partial charge in [0.05, 0.1) is 11.4 Å². The predicted octanol–water partition coefficient (Wildman–Crippen LogP) is 4.14. The second-order valence-electron chi connectivity index (χ2n) is 6.44. The summed E-state index contributed by atoms with van der Waals surface area (Å²) in [5.74, 6) is -1.20. The van der Waals surface area contributed by atoms with E-state index in [1.54, 1.807) is 6.20 Å². The summed E-state index contributed by atoms with van der Waals surface area (Å²) >= 11 is 1.20. The number of hydrogen-bond acceptors (Lipinski definition) is 5. The van der Waals surface area contributed by atoms with Gasteiger partial charge in [0.15, 0.2) is 5.16 Å². The van der Waals surface area contributed by atoms with Gasteiger partial charge in [-0.3, -0.25) is 19.5 Å². The molecule has 1 aromatic heterocycles. The van der Waals surface area contributed by atoms with Crippen molar-refractivity contribution in [3.8, 4) is 11.4 Å². The van der Waals surface area contributed by atoms with E-state index in [2.05, 4.69) is 21.1 Å². The van der Waals surface area contributed by atoms with E-state index in [-0.39, 0.29) is 17.1 Å². The molecule has 0 atom stereocenters. The van der Waals surface area contributed by atoms with Gasteiger partial charge in [-0.05, 0) is 49.7 Å². The molecule has 0 aliphatic carbocycles. The molecule has 0 radical (unpaired) electrons. The van der Waals surface area contributed by atoms with Crippen LogP contribution in [0, 0.1) is 13.8 Å². The smallest absolute Gasteiger partial charge is 0.387 e. The van der Waals surface area contributed by atoms with Crippen LogP contribution in [0.15, 0.2) is 60.0 Å². The Hall–Kier alpha value is -3.20. The highest BCUT2D eigenvalue weighted by molar-refractivity contribution is 7.99. The van der Waals surface area contributed by atoms with Crippen LogP contribution in [-0.4, -0.2) is 33.7 Å². The van der Waals surface area contributed by atoms with Crippen LogP contribution < -0.4 is 10.1 Å². The minimum absolute atomic E-state index is 0.0137. The third kappa shape index (κ3) is 5.44. The first kappa shape index (κ1) is 21.5. The Morgan fingerprint density at radius 2 is 1.90 bits per heavy atom. The van der Waals surface area contributed by atoms with Crippen LogP contribution in [0.1, 0.15) is 21.5 Å². The molecule has 1 N–H and O–H groups in total. The Kier molecular flexibility index (Phi) is 6.83. The summed E-state index contributed by atoms with van der Waals surface area (Å²) in [6.07, 6.45) is 3.46. The molecule has 30 heavy (non-hydrogen) atoms. The van der Waals surface area contributed by atoms with Crippen LogP contribution in [0.2, 0.25) is 0 Å². The fourth-order valence-electron chi connectivity index (χ4n) is 2.81. The fraction of sp³-hybridized carbons (Fsp3) is 0.190. The third-order valence-electron chi connectivity index (χ3n) is 4.15. The molecule has 0 saturated heterocycles. The van der Waals surface area contributed by atoms with E-state index >= 15 is 0 Å². The minimum atomic E-state index is -2.94. The van der Waals surface area contributed by atoms with Gasteiger partial charge in [0.25, 0.3) is 5.91 Å². The van der Waals surface area contributed by atoms with Crippen molar-refractivity contribution < 1.29 is 23.1 Å². The number of nitrogens with zero attached hydrogens (tertiary/aromatic N) is 2. The number of aromatic nitrogens is 2. The van der Waals surface area contributed by atoms with Gasteiger partial charge >= 0.3 is 6.61 Å². The van der Waals surface area contributed by atoms with E-state index in [1.807, 2.05) is 36.7 Å². The van der Waals surface area contributed by atoms with Crippen molar-refractivity contribution in [2.75, 3.05) is 5.75 Å². The molecular formula is C21H19F2N3O3S. The number of hydrogen-bond donors (Lipinski definition) is 1. The number of halogens is 2. The first-order valence-corrected chi connectivity index (χ1v) is 9.95. The lowest BCUT2D eigenvalue weighted by Crippen LogP contribution is -2.31. The van der Waals surface area contributed by atoms with E-state index in [4.69, 9.17) is 0 Å². The highest BCUT2D eigenvalue weighted by atomic mass is 32.2. The van der Waals surface area contributed by atoms with Gasteiger partial charge in [0.2, 0.25) is 5.91 Å². The maximum Gasteiger partial charge on any atom is 0.387 e. The molecule has 6 nitrogen and oxygen atoms in total. The minimum Gasteiger partial charge on any atom is -0.435 e. The molecule has 1 heterocycles. The van der Waals surface area contributed by atoms with Crippen molar-refractivity contribution in [3.63, 3.8) is 0 Å². The van der Waals surface area contributed by atoms with Gasteiger partial charge in [-0.15, -0.1) is 0 Å². The molecule has 156 valence electrons. The van der Waals surface area contributed by atoms with Gasteiger partial charge in [0, 0.05) is 18.0 Å². The Morgan fingerprint density at radius 3 is 2.57 bits per heavy atom. The monoisotopic (exact) mass is 431 g/mol. The van der Waals surface area contributed by atoms with Crippen molar-refractivity contribution in [1.29, 1.82) is 0 Å². The number of rotatable bonds is 7. The molecule has 2 amide bonds. The number of amides is 2. The second-order valence-corrected chi connectivity index (χ2v) is 7.38. The Balaban J connectivity index is 1.59. The molecule has 0 spiro atoms. The quantitative estimate of drug-likeness (QED) is 0.569. The zero-order valence-electron chi connectivity index (χ0n) is 16.3. The summed E-state index contributed by atoms with van der Waals surface area (Å²) in [7, 11) is 0. The lowest BCUT2D eigenvalue weighted by atomic mass is 10.1. The van der Waals surface area contributed by atoms with Gasteiger partial charge in [0.1, 0.15) is 5.75 Å². The van der Waals surface area contributed by atoms with Crippen molar-refractivity contribution in [1.82, 2.24) is 14.9 Å². The fourth-order valence-corrected chi connectivity index (χ4v) is 3.57. The summed E-state index contributed by atoms with van der Waals surface area (Å²) in [6.45, 7) is 1.07. The number of benzene rings is 2. The number of thioether (sulfide) groups is 1. The summed E-state index contributed by atoms with van der Waals surface area (Å²) in [5.41, 5.74) is 3.35. The van der Waals surface area contributed by atoms with Crippen LogP contribution in [0.5, 0.6) is 5.75 Å². The second kappa shape index (κ2) is 9.53. The van der Waals surface area contributed by atoms with Crippen molar-refractivity contribution in [3.05, 3.63) is 71.5 Å². The topological polar surface area (TPSA) is 73.2 Å². The number of carbonyl (C=O) groups excluding carboxylic acids is 2. The average Bonchev–Trinajstić information content (AvgIpc) is 3.14. The molecule has 2 aromatic carbocycles. The first-order valence-electron chi connectivity index (χ1n) is 8.96. The summed E-state index contributed by atoms with van der Waals surface area (Å²) in [5, 5.41) is 2.90. The van der Waals surface area contributed by atoms with Gasteiger partial charge in [-0.25, -0.2) is 4.98 Å². The van der Waals surface area contributed by atoms with Gasteiger partial charge in [-0.1, -0.05) is 29.5 Å². The average molecular weight is 431 g/mol. The van der Waals surface area contributed by atoms with Crippen molar-refractivity contribution in [2.24, 2.45) is 0 Å². The molecule has 0 fully saturated rings. The van der Waals surface area contributed by atoms with E-state index in [0.29, 0.717) is 5.16 Å². The number of carbonyl (C=O) groups is 2. The van der Waals surface area contributed by atoms with Gasteiger partial charge in [-0.2, -0.15) is 8.78 Å². The van der Waals surface area contributed by atoms with Crippen molar-refractivity contribution in [2.45, 2.75) is 25.6 Å². The summed E-state index contributed by atoms with van der Waals surface area (Å²) < 4.78 is 30.5. The number of imidazole rings is 1. The maximum absolute atomic E-state index is 12.2. The normalized spacial score (nSPS) is 10.8. The number of nitrogens with one attached hydrogen (secondary N) is 1. The number of imide groups is 1. The predicted molar refractivity (Wildman–Crippen MR) is 109 cm³/mol. The third-order valence-corrected chi connectivity index (χ3v) is 5.11. The largest absolute Gasteiger partial charge is 0.435 e. The molecule has 3 aromatic rings. The van der Waals surface area contributed by atoms with Gasteiger partial charge < -0.3 is 4.74 Å². The zero-order valence-corrected chi connectivity index (χ0v) is 17.1. The van der Waals surface area contributed by atoms with Crippen LogP contribution in [-0.2, 0) is 4.79 Å². The van der Waals surface area contributed by atoms with Crippen LogP contribution >= 0.6 is 11.8 Å². The number of ether oxygens (including phenoxy) is 1. The lowest BCUT2D eigenvalue weighted by molar-refractivity contribution is -0.117. The molecule has 0 aliphatic rings. The van der Waals surface area contributed by atoms with E-state index < -0.39 is 18.4 Å². The number of aryl methyl sites for hydroxylation is 2. The summed E-state index contributed by atoms with van der Waals surface area (Å²) in [6, 6.07) is 11.1. The first-order chi connectivity index (χ1) is 14.3. The zero-order chi connectivity index (χ0) is 21.7. The molecular weight excluding hydrogens is 412 g/mol. The van der Waals surface area contributed by atoms with Crippen LogP contribution in [0.25, 0.3) is 5.69 Å². The molecule has 0 unspecified atom stereocenters. The standard InChI is InChI=1S/C21H19F2N3O3S/c1-13-3-8-17(14(2)11-13)26-10-9-24-21(26)30-12-18(27)25-19(28)15-4-6-16(7-5-15)29-20(22)23/h3-11,20H,12H2,1-2H3,(H,25,27,28). The van der Waals surface area contributed by atoms with E-state index in [0.717, 1.165) is 16.8 Å². The highest BCUT2D eigenvalue weighted by Gasteiger charge is 2.14. The molecule has 0 aliphatic heterocycles. The molecule has 0 saturated carbocycles. The maximum atomic E-state index is 12.2. The lowest BCUT2D eigenvalue weighted by Gasteiger charge is -2.11. The van der Waals surface area contributed by atoms with E-state index in [1.165, 1.54) is 36.0 Å². The Morgan fingerprint density at radius 1 is 1.17 bits per heavy atom. The summed E-state index contributed by atoms with van der Waals surface area (Å²) in [4.78, 5) is 28.6. The number of alkyl halides is 2. The molecule has 3 rings (SSSR count). The Labute approximate surface area is 176 Å². The van der Waals surface area contributed by atoms with Crippen LogP contribution in [0.3, 0.4) is 0 Å². The highest BCUT2D eigenvalue weighted by Crippen LogP contribution is 2.23. The Bertz CT molecular complexity index is 1050. The molecule has 0 bridgehead atoms. The van der Waals surface area contributed by atoms with Crippen molar-refractivity contribution >= 4 is 23.6 Å². The SMILES string of the molecule is Cc1ccc(-n2ccnc2SCC(=O)NC(=O)c2ccc(OC(F)F)cc2)c(C)c1. The van der Waals surface area contributed by atoms with E-state index in [9.17, 15) is 18.4 Å². The molecule has 9 heteroatoms.